The summed E-state index contributed by atoms with van der Waals surface area (Å²) in [5.41, 5.74) is 5.28. The van der Waals surface area contributed by atoms with Crippen LogP contribution in [0.1, 0.15) is 16.3 Å². The maximum Gasteiger partial charge on any atom is 0.224 e. The van der Waals surface area contributed by atoms with Gasteiger partial charge in [-0.1, -0.05) is 0 Å². The number of carbonyl (C=O) groups excluding carboxylic acids is 1. The maximum absolute atomic E-state index is 11.7. The van der Waals surface area contributed by atoms with Gasteiger partial charge in [0.15, 0.2) is 0 Å². The summed E-state index contributed by atoms with van der Waals surface area (Å²) >= 11 is 1.61. The highest BCUT2D eigenvalue weighted by atomic mass is 32.1. The van der Waals surface area contributed by atoms with Crippen molar-refractivity contribution in [3.63, 3.8) is 0 Å². The molecule has 0 aliphatic carbocycles. The first-order valence-corrected chi connectivity index (χ1v) is 6.38. The Balaban J connectivity index is 2.27. The van der Waals surface area contributed by atoms with E-state index in [2.05, 4.69) is 4.98 Å². The molecule has 0 radical (unpaired) electrons. The van der Waals surface area contributed by atoms with Crippen LogP contribution in [0.5, 0.6) is 0 Å². The molecular weight excluding hydrogens is 238 g/mol. The number of thiazole rings is 1. The molecule has 0 fully saturated rings. The van der Waals surface area contributed by atoms with Gasteiger partial charge in [-0.15, -0.1) is 11.3 Å². The van der Waals surface area contributed by atoms with Crippen molar-refractivity contribution in [2.45, 2.75) is 19.9 Å². The molecule has 0 aliphatic heterocycles. The number of hydrogen-bond donors (Lipinski definition) is 1. The fraction of sp³-hybridized carbons (Fsp3) is 0.636. The van der Waals surface area contributed by atoms with Gasteiger partial charge in [0, 0.05) is 24.7 Å². The summed E-state index contributed by atoms with van der Waals surface area (Å²) < 4.78 is 5.18. The fourth-order valence-corrected chi connectivity index (χ4v) is 2.18. The first kappa shape index (κ1) is 14.1. The normalized spacial score (nSPS) is 10.5. The van der Waals surface area contributed by atoms with Crippen molar-refractivity contribution in [2.24, 2.45) is 5.73 Å². The lowest BCUT2D eigenvalue weighted by atomic mass is 10.3. The van der Waals surface area contributed by atoms with E-state index in [4.69, 9.17) is 10.5 Å². The molecule has 1 rings (SSSR count). The van der Waals surface area contributed by atoms with Crippen LogP contribution >= 0.6 is 11.3 Å². The molecule has 0 atom stereocenters. The lowest BCUT2D eigenvalue weighted by Gasteiger charge is -2.15. The molecule has 1 aromatic rings. The van der Waals surface area contributed by atoms with Crippen LogP contribution in [0.2, 0.25) is 0 Å². The van der Waals surface area contributed by atoms with Crippen molar-refractivity contribution in [2.75, 3.05) is 26.8 Å². The molecule has 1 aromatic heterocycles. The fourth-order valence-electron chi connectivity index (χ4n) is 1.34. The van der Waals surface area contributed by atoms with Crippen LogP contribution in [-0.2, 0) is 16.1 Å². The zero-order valence-electron chi connectivity index (χ0n) is 10.3. The van der Waals surface area contributed by atoms with Crippen LogP contribution in [0.3, 0.4) is 0 Å². The molecule has 0 spiro atoms. The third kappa shape index (κ3) is 5.25. The van der Waals surface area contributed by atoms with Crippen molar-refractivity contribution < 1.29 is 9.53 Å². The molecule has 1 amide bonds. The molecule has 17 heavy (non-hydrogen) atoms. The largest absolute Gasteiger partial charge is 0.380 e. The Morgan fingerprint density at radius 3 is 2.94 bits per heavy atom. The summed E-state index contributed by atoms with van der Waals surface area (Å²) in [6.07, 6.45) is 2.21. The summed E-state index contributed by atoms with van der Waals surface area (Å²) in [6.45, 7) is 4.00. The van der Waals surface area contributed by atoms with Crippen LogP contribution in [0, 0.1) is 6.92 Å². The van der Waals surface area contributed by atoms with E-state index in [0.717, 1.165) is 9.88 Å². The van der Waals surface area contributed by atoms with Gasteiger partial charge in [0.1, 0.15) is 0 Å². The summed E-state index contributed by atoms with van der Waals surface area (Å²) in [6, 6.07) is 0. The molecular formula is C11H19N3O2S. The van der Waals surface area contributed by atoms with Gasteiger partial charge in [0.25, 0.3) is 0 Å². The average Bonchev–Trinajstić information content (AvgIpc) is 2.70. The molecule has 6 heteroatoms. The number of nitrogens with zero attached hydrogens (tertiary/aromatic N) is 2. The van der Waals surface area contributed by atoms with Crippen LogP contribution in [0.4, 0.5) is 0 Å². The van der Waals surface area contributed by atoms with Crippen LogP contribution in [0.15, 0.2) is 6.20 Å². The van der Waals surface area contributed by atoms with E-state index in [0.29, 0.717) is 32.7 Å². The second-order valence-electron chi connectivity index (χ2n) is 3.75. The van der Waals surface area contributed by atoms with Crippen LogP contribution in [-0.4, -0.2) is 42.6 Å². The van der Waals surface area contributed by atoms with E-state index in [1.165, 1.54) is 0 Å². The number of hydrogen-bond acceptors (Lipinski definition) is 5. The highest BCUT2D eigenvalue weighted by molar-refractivity contribution is 7.11. The number of aromatic nitrogens is 1. The molecule has 0 bridgehead atoms. The van der Waals surface area contributed by atoms with Crippen LogP contribution < -0.4 is 5.73 Å². The molecule has 0 saturated carbocycles. The topological polar surface area (TPSA) is 68.5 Å². The number of carbonyl (C=O) groups is 1. The Labute approximate surface area is 106 Å². The van der Waals surface area contributed by atoms with Crippen molar-refractivity contribution in [1.82, 2.24) is 9.88 Å². The van der Waals surface area contributed by atoms with E-state index < -0.39 is 0 Å². The molecule has 0 saturated heterocycles. The zero-order chi connectivity index (χ0) is 12.7. The molecule has 2 N–H and O–H groups in total. The monoisotopic (exact) mass is 257 g/mol. The predicted molar refractivity (Wildman–Crippen MR) is 67.8 cm³/mol. The highest BCUT2D eigenvalue weighted by Gasteiger charge is 2.10. The minimum absolute atomic E-state index is 0.0769. The Hall–Kier alpha value is -0.980. The van der Waals surface area contributed by atoms with Crippen LogP contribution in [0.25, 0.3) is 0 Å². The molecule has 96 valence electrons. The number of rotatable bonds is 7. The summed E-state index contributed by atoms with van der Waals surface area (Å²) in [4.78, 5) is 18.7. The second-order valence-corrected chi connectivity index (χ2v) is 5.07. The maximum atomic E-state index is 11.7. The van der Waals surface area contributed by atoms with E-state index in [1.54, 1.807) is 23.3 Å². The third-order valence-electron chi connectivity index (χ3n) is 2.21. The first-order chi connectivity index (χ1) is 8.13. The van der Waals surface area contributed by atoms with Crippen molar-refractivity contribution >= 4 is 17.2 Å². The molecule has 1 heterocycles. The summed E-state index contributed by atoms with van der Waals surface area (Å²) in [7, 11) is 1.79. The van der Waals surface area contributed by atoms with Gasteiger partial charge in [-0.25, -0.2) is 4.98 Å². The number of aryl methyl sites for hydroxylation is 1. The minimum atomic E-state index is 0.0769. The van der Waals surface area contributed by atoms with Crippen molar-refractivity contribution in [3.8, 4) is 0 Å². The lowest BCUT2D eigenvalue weighted by Crippen LogP contribution is -2.27. The Morgan fingerprint density at radius 2 is 2.35 bits per heavy atom. The first-order valence-electron chi connectivity index (χ1n) is 5.56. The van der Waals surface area contributed by atoms with E-state index in [1.807, 2.05) is 13.1 Å². The van der Waals surface area contributed by atoms with Crippen molar-refractivity contribution in [1.29, 1.82) is 0 Å². The predicted octanol–water partition coefficient (Wildman–Crippen LogP) is 0.775. The smallest absolute Gasteiger partial charge is 0.224 e. The Morgan fingerprint density at radius 1 is 1.59 bits per heavy atom. The van der Waals surface area contributed by atoms with Crippen molar-refractivity contribution in [3.05, 3.63) is 16.1 Å². The van der Waals surface area contributed by atoms with Gasteiger partial charge < -0.3 is 15.4 Å². The van der Waals surface area contributed by atoms with E-state index >= 15 is 0 Å². The van der Waals surface area contributed by atoms with Gasteiger partial charge >= 0.3 is 0 Å². The zero-order valence-corrected chi connectivity index (χ0v) is 11.1. The molecule has 0 aromatic carbocycles. The Kier molecular flexibility index (Phi) is 6.10. The number of ether oxygens (including phenoxy) is 1. The van der Waals surface area contributed by atoms with Gasteiger partial charge in [0.05, 0.1) is 31.2 Å². The second kappa shape index (κ2) is 7.37. The average molecular weight is 257 g/mol. The molecule has 0 unspecified atom stereocenters. The van der Waals surface area contributed by atoms with Gasteiger partial charge in [0.2, 0.25) is 5.91 Å². The molecule has 5 nitrogen and oxygen atoms in total. The van der Waals surface area contributed by atoms with Gasteiger partial charge in [-0.05, 0) is 6.92 Å². The minimum Gasteiger partial charge on any atom is -0.380 e. The van der Waals surface area contributed by atoms with E-state index in [-0.39, 0.29) is 5.91 Å². The quantitative estimate of drug-likeness (QED) is 0.733. The Bertz CT molecular complexity index is 354. The number of amides is 1. The summed E-state index contributed by atoms with van der Waals surface area (Å²) in [5.74, 6) is 0.0769. The summed E-state index contributed by atoms with van der Waals surface area (Å²) in [5, 5.41) is 1.02. The van der Waals surface area contributed by atoms with Gasteiger partial charge in [-0.2, -0.15) is 0 Å². The van der Waals surface area contributed by atoms with Gasteiger partial charge in [-0.3, -0.25) is 4.79 Å². The molecule has 0 aliphatic rings. The SMILES string of the molecule is Cc1ncc(CN(C)C(=O)CCOCCN)s1. The lowest BCUT2D eigenvalue weighted by molar-refractivity contribution is -0.131. The number of nitrogens with two attached hydrogens (primary N) is 1. The standard InChI is InChI=1S/C11H19N3O2S/c1-9-13-7-10(17-9)8-14(2)11(15)3-5-16-6-4-12/h7H,3-6,8,12H2,1-2H3. The highest BCUT2D eigenvalue weighted by Crippen LogP contribution is 2.13. The van der Waals surface area contributed by atoms with E-state index in [9.17, 15) is 4.79 Å². The third-order valence-corrected chi connectivity index (χ3v) is 3.11.